The zero-order chi connectivity index (χ0) is 14.6. The van der Waals surface area contributed by atoms with Crippen LogP contribution in [0.4, 0.5) is 4.79 Å². The first-order valence-electron chi connectivity index (χ1n) is 6.27. The number of nitrogens with zero attached hydrogens (tertiary/aromatic N) is 1. The molecule has 1 aliphatic rings. The monoisotopic (exact) mass is 274 g/mol. The lowest BCUT2D eigenvalue weighted by Crippen LogP contribution is -2.59. The molecule has 3 N–H and O–H groups in total. The van der Waals surface area contributed by atoms with Gasteiger partial charge in [0.05, 0.1) is 19.3 Å². The molecule has 1 aliphatic heterocycles. The van der Waals surface area contributed by atoms with Crippen molar-refractivity contribution in [2.24, 2.45) is 5.41 Å². The van der Waals surface area contributed by atoms with Crippen molar-refractivity contribution in [3.8, 4) is 0 Å². The molecule has 0 spiro atoms. The molecule has 19 heavy (non-hydrogen) atoms. The van der Waals surface area contributed by atoms with Crippen molar-refractivity contribution in [3.05, 3.63) is 0 Å². The van der Waals surface area contributed by atoms with Gasteiger partial charge in [-0.25, -0.2) is 4.79 Å². The van der Waals surface area contributed by atoms with E-state index < -0.39 is 29.6 Å². The highest BCUT2D eigenvalue weighted by Gasteiger charge is 2.38. The molecule has 0 aromatic carbocycles. The Morgan fingerprint density at radius 1 is 1.26 bits per heavy atom. The second-order valence-electron chi connectivity index (χ2n) is 5.68. The maximum Gasteiger partial charge on any atom is 0.405 e. The molecule has 0 aromatic heterocycles. The molecule has 1 rings (SSSR count). The Morgan fingerprint density at radius 2 is 1.79 bits per heavy atom. The molecule has 2 amide bonds. The topological polar surface area (TPSA) is 99.1 Å². The quantitative estimate of drug-likeness (QED) is 0.667. The van der Waals surface area contributed by atoms with Gasteiger partial charge in [0.1, 0.15) is 6.04 Å². The molecule has 7 heteroatoms. The summed E-state index contributed by atoms with van der Waals surface area (Å²) < 4.78 is 5.15. The molecule has 110 valence electrons. The highest BCUT2D eigenvalue weighted by molar-refractivity contribution is 5.86. The van der Waals surface area contributed by atoms with Crippen LogP contribution >= 0.6 is 0 Å². The smallest absolute Gasteiger partial charge is 0.405 e. The number of nitrogens with one attached hydrogen (secondary N) is 1. The van der Waals surface area contributed by atoms with Crippen LogP contribution in [-0.2, 0) is 9.53 Å². The second kappa shape index (κ2) is 6.21. The van der Waals surface area contributed by atoms with Crippen LogP contribution in [0, 0.1) is 5.41 Å². The summed E-state index contributed by atoms with van der Waals surface area (Å²) >= 11 is 0. The molecule has 0 aliphatic carbocycles. The standard InChI is InChI=1S/C12H22N2O5/c1-12(2,3)9(15)8(13-11(17)18)10(16)14-4-6-19-7-5-14/h8-9,13,15H,4-7H2,1-3H3,(H,17,18). The van der Waals surface area contributed by atoms with Gasteiger partial charge in [0.25, 0.3) is 0 Å². The normalized spacial score (nSPS) is 19.7. The van der Waals surface area contributed by atoms with Gasteiger partial charge in [0.2, 0.25) is 5.91 Å². The Bertz CT molecular complexity index is 334. The number of carboxylic acid groups (broad SMARTS) is 1. The maximum atomic E-state index is 12.3. The van der Waals surface area contributed by atoms with Gasteiger partial charge in [-0.05, 0) is 5.41 Å². The summed E-state index contributed by atoms with van der Waals surface area (Å²) in [5.74, 6) is -0.409. The molecule has 2 unspecified atom stereocenters. The van der Waals surface area contributed by atoms with E-state index in [1.165, 1.54) is 4.90 Å². The fourth-order valence-corrected chi connectivity index (χ4v) is 1.89. The summed E-state index contributed by atoms with van der Waals surface area (Å²) in [4.78, 5) is 24.6. The Balaban J connectivity index is 2.83. The van der Waals surface area contributed by atoms with Crippen LogP contribution < -0.4 is 5.32 Å². The van der Waals surface area contributed by atoms with Crippen molar-refractivity contribution in [3.63, 3.8) is 0 Å². The van der Waals surface area contributed by atoms with Gasteiger partial charge in [-0.1, -0.05) is 20.8 Å². The highest BCUT2D eigenvalue weighted by Crippen LogP contribution is 2.23. The molecule has 0 bridgehead atoms. The summed E-state index contributed by atoms with van der Waals surface area (Å²) in [5, 5.41) is 21.1. The van der Waals surface area contributed by atoms with Gasteiger partial charge in [-0.3, -0.25) is 4.79 Å². The first-order chi connectivity index (χ1) is 8.73. The fourth-order valence-electron chi connectivity index (χ4n) is 1.89. The van der Waals surface area contributed by atoms with Gasteiger partial charge in [0.15, 0.2) is 0 Å². The lowest BCUT2D eigenvalue weighted by Gasteiger charge is -2.36. The Labute approximate surface area is 112 Å². The minimum atomic E-state index is -1.32. The first-order valence-corrected chi connectivity index (χ1v) is 6.27. The maximum absolute atomic E-state index is 12.3. The van der Waals surface area contributed by atoms with E-state index in [4.69, 9.17) is 9.84 Å². The lowest BCUT2D eigenvalue weighted by atomic mass is 9.84. The average molecular weight is 274 g/mol. The Hall–Kier alpha value is -1.34. The van der Waals surface area contributed by atoms with E-state index in [0.717, 1.165) is 0 Å². The molecular formula is C12H22N2O5. The second-order valence-corrected chi connectivity index (χ2v) is 5.68. The van der Waals surface area contributed by atoms with Crippen molar-refractivity contribution in [2.45, 2.75) is 32.9 Å². The molecule has 7 nitrogen and oxygen atoms in total. The van der Waals surface area contributed by atoms with Gasteiger partial charge in [-0.15, -0.1) is 0 Å². The van der Waals surface area contributed by atoms with E-state index in [-0.39, 0.29) is 0 Å². The van der Waals surface area contributed by atoms with Crippen LogP contribution in [0.2, 0.25) is 0 Å². The van der Waals surface area contributed by atoms with E-state index in [9.17, 15) is 14.7 Å². The first kappa shape index (κ1) is 15.7. The zero-order valence-corrected chi connectivity index (χ0v) is 11.5. The predicted octanol–water partition coefficient (Wildman–Crippen LogP) is -0.112. The summed E-state index contributed by atoms with van der Waals surface area (Å²) in [6.45, 7) is 6.93. The number of hydrogen-bond donors (Lipinski definition) is 3. The number of hydrogen-bond acceptors (Lipinski definition) is 4. The number of carbonyl (C=O) groups excluding carboxylic acids is 1. The molecule has 1 fully saturated rings. The van der Waals surface area contributed by atoms with E-state index in [1.54, 1.807) is 20.8 Å². The Morgan fingerprint density at radius 3 is 2.21 bits per heavy atom. The van der Waals surface area contributed by atoms with Crippen molar-refractivity contribution in [1.29, 1.82) is 0 Å². The molecule has 0 aromatic rings. The molecule has 0 radical (unpaired) electrons. The SMILES string of the molecule is CC(C)(C)C(O)C(NC(=O)O)C(=O)N1CCOCC1. The van der Waals surface area contributed by atoms with E-state index in [2.05, 4.69) is 5.32 Å². The summed E-state index contributed by atoms with van der Waals surface area (Å²) in [5.41, 5.74) is -0.602. The summed E-state index contributed by atoms with van der Waals surface area (Å²) in [6.07, 6.45) is -2.42. The van der Waals surface area contributed by atoms with Crippen molar-refractivity contribution >= 4 is 12.0 Å². The van der Waals surface area contributed by atoms with Gasteiger partial charge >= 0.3 is 6.09 Å². The van der Waals surface area contributed by atoms with E-state index >= 15 is 0 Å². The fraction of sp³-hybridized carbons (Fsp3) is 0.833. The van der Waals surface area contributed by atoms with Gasteiger partial charge < -0.3 is 25.2 Å². The minimum absolute atomic E-state index is 0.409. The number of amides is 2. The lowest BCUT2D eigenvalue weighted by molar-refractivity contribution is -0.142. The number of morpholine rings is 1. The molecule has 1 heterocycles. The number of aliphatic hydroxyl groups excluding tert-OH is 1. The summed E-state index contributed by atoms with van der Waals surface area (Å²) in [6, 6.07) is -1.16. The van der Waals surface area contributed by atoms with Crippen molar-refractivity contribution in [1.82, 2.24) is 10.2 Å². The largest absolute Gasteiger partial charge is 0.465 e. The third kappa shape index (κ3) is 4.36. The van der Waals surface area contributed by atoms with Crippen LogP contribution in [0.1, 0.15) is 20.8 Å². The Kier molecular flexibility index (Phi) is 5.13. The van der Waals surface area contributed by atoms with Gasteiger partial charge in [0, 0.05) is 13.1 Å². The average Bonchev–Trinajstić information content (AvgIpc) is 2.34. The third-order valence-electron chi connectivity index (χ3n) is 3.07. The van der Waals surface area contributed by atoms with Crippen LogP contribution in [0.3, 0.4) is 0 Å². The van der Waals surface area contributed by atoms with Crippen LogP contribution in [-0.4, -0.2) is 65.6 Å². The molecular weight excluding hydrogens is 252 g/mol. The number of aliphatic hydroxyl groups is 1. The molecule has 2 atom stereocenters. The van der Waals surface area contributed by atoms with Gasteiger partial charge in [-0.2, -0.15) is 0 Å². The summed E-state index contributed by atoms with van der Waals surface area (Å²) in [7, 11) is 0. The molecule has 1 saturated heterocycles. The van der Waals surface area contributed by atoms with Crippen LogP contribution in [0.5, 0.6) is 0 Å². The highest BCUT2D eigenvalue weighted by atomic mass is 16.5. The zero-order valence-electron chi connectivity index (χ0n) is 11.5. The minimum Gasteiger partial charge on any atom is -0.465 e. The number of carbonyl (C=O) groups is 2. The van der Waals surface area contributed by atoms with Crippen LogP contribution in [0.15, 0.2) is 0 Å². The number of ether oxygens (including phenoxy) is 1. The predicted molar refractivity (Wildman–Crippen MR) is 67.8 cm³/mol. The third-order valence-corrected chi connectivity index (χ3v) is 3.07. The van der Waals surface area contributed by atoms with Crippen LogP contribution in [0.25, 0.3) is 0 Å². The van der Waals surface area contributed by atoms with E-state index in [1.807, 2.05) is 0 Å². The van der Waals surface area contributed by atoms with Crippen molar-refractivity contribution in [2.75, 3.05) is 26.3 Å². The van der Waals surface area contributed by atoms with E-state index in [0.29, 0.717) is 26.3 Å². The van der Waals surface area contributed by atoms with Crippen molar-refractivity contribution < 1.29 is 24.5 Å². The molecule has 0 saturated carbocycles. The number of rotatable bonds is 3.